The van der Waals surface area contributed by atoms with Crippen LogP contribution >= 0.6 is 0 Å². The molecule has 1 aliphatic heterocycles. The van der Waals surface area contributed by atoms with Gasteiger partial charge in [0.25, 0.3) is 0 Å². The van der Waals surface area contributed by atoms with Gasteiger partial charge in [-0.1, -0.05) is 52.0 Å². The molecule has 0 aromatic heterocycles. The Hall–Kier alpha value is -0.860. The van der Waals surface area contributed by atoms with Crippen molar-refractivity contribution in [3.63, 3.8) is 0 Å². The van der Waals surface area contributed by atoms with E-state index in [1.54, 1.807) is 0 Å². The van der Waals surface area contributed by atoms with E-state index in [-0.39, 0.29) is 5.41 Å². The zero-order chi connectivity index (χ0) is 15.3. The zero-order valence-electron chi connectivity index (χ0n) is 14.1. The van der Waals surface area contributed by atoms with Gasteiger partial charge in [-0.2, -0.15) is 0 Å². The molecule has 1 saturated heterocycles. The maximum atomic E-state index is 5.98. The Morgan fingerprint density at radius 2 is 1.90 bits per heavy atom. The largest absolute Gasteiger partial charge is 0.377 e. The van der Waals surface area contributed by atoms with Crippen molar-refractivity contribution in [1.29, 1.82) is 0 Å². The second-order valence-corrected chi connectivity index (χ2v) is 7.22. The van der Waals surface area contributed by atoms with E-state index < -0.39 is 0 Å². The van der Waals surface area contributed by atoms with E-state index in [1.807, 2.05) is 0 Å². The Morgan fingerprint density at radius 1 is 1.19 bits per heavy atom. The van der Waals surface area contributed by atoms with Gasteiger partial charge in [-0.3, -0.25) is 0 Å². The van der Waals surface area contributed by atoms with Crippen molar-refractivity contribution in [3.05, 3.63) is 35.4 Å². The van der Waals surface area contributed by atoms with Crippen LogP contribution in [0.4, 0.5) is 0 Å². The zero-order valence-corrected chi connectivity index (χ0v) is 14.1. The fourth-order valence-electron chi connectivity index (χ4n) is 3.07. The summed E-state index contributed by atoms with van der Waals surface area (Å²) in [4.78, 5) is 0. The predicted molar refractivity (Wildman–Crippen MR) is 89.9 cm³/mol. The van der Waals surface area contributed by atoms with Gasteiger partial charge in [0.2, 0.25) is 0 Å². The van der Waals surface area contributed by atoms with Crippen molar-refractivity contribution in [3.8, 4) is 0 Å². The van der Waals surface area contributed by atoms with Gasteiger partial charge in [-0.05, 0) is 48.8 Å². The molecule has 1 heterocycles. The number of benzene rings is 1. The Labute approximate surface area is 130 Å². The number of nitrogens with one attached hydrogen (secondary N) is 1. The molecule has 0 spiro atoms. The number of hydrogen-bond acceptors (Lipinski definition) is 2. The van der Waals surface area contributed by atoms with Crippen LogP contribution in [0.25, 0.3) is 0 Å². The van der Waals surface area contributed by atoms with Gasteiger partial charge >= 0.3 is 0 Å². The van der Waals surface area contributed by atoms with Crippen LogP contribution < -0.4 is 5.32 Å². The summed E-state index contributed by atoms with van der Waals surface area (Å²) < 4.78 is 5.98. The molecule has 0 aliphatic carbocycles. The molecule has 1 fully saturated rings. The first kappa shape index (κ1) is 16.5. The molecule has 0 amide bonds. The first-order chi connectivity index (χ1) is 10.0. The summed E-state index contributed by atoms with van der Waals surface area (Å²) in [5.41, 5.74) is 3.04. The molecule has 1 N–H and O–H groups in total. The molecule has 2 rings (SSSR count). The fourth-order valence-corrected chi connectivity index (χ4v) is 3.07. The summed E-state index contributed by atoms with van der Waals surface area (Å²) in [6.07, 6.45) is 5.15. The number of rotatable bonds is 5. The molecule has 118 valence electrons. The predicted octanol–water partition coefficient (Wildman–Crippen LogP) is 4.07. The van der Waals surface area contributed by atoms with Gasteiger partial charge < -0.3 is 10.1 Å². The molecule has 21 heavy (non-hydrogen) atoms. The van der Waals surface area contributed by atoms with Gasteiger partial charge in [-0.25, -0.2) is 0 Å². The maximum Gasteiger partial charge on any atom is 0.0731 e. The van der Waals surface area contributed by atoms with Crippen LogP contribution in [0.15, 0.2) is 24.3 Å². The molecule has 2 atom stereocenters. The first-order valence-electron chi connectivity index (χ1n) is 8.45. The molecule has 1 aromatic carbocycles. The van der Waals surface area contributed by atoms with Crippen LogP contribution in [0.1, 0.15) is 58.1 Å². The van der Waals surface area contributed by atoms with Crippen LogP contribution in [0, 0.1) is 0 Å². The van der Waals surface area contributed by atoms with E-state index in [4.69, 9.17) is 4.74 Å². The lowest BCUT2D eigenvalue weighted by Gasteiger charge is -2.31. The van der Waals surface area contributed by atoms with Crippen molar-refractivity contribution in [1.82, 2.24) is 5.32 Å². The summed E-state index contributed by atoms with van der Waals surface area (Å²) >= 11 is 0. The standard InChI is InChI=1S/C19H31NO/c1-5-20-17(18-8-6-7-13-21-18)14-15-9-11-16(12-10-15)19(2,3)4/h9-12,17-18,20H,5-8,13-14H2,1-4H3. The maximum absolute atomic E-state index is 5.98. The lowest BCUT2D eigenvalue weighted by molar-refractivity contribution is -0.00709. The van der Waals surface area contributed by atoms with Crippen molar-refractivity contribution in [2.45, 2.75) is 70.9 Å². The van der Waals surface area contributed by atoms with Gasteiger partial charge in [0.05, 0.1) is 6.10 Å². The highest BCUT2D eigenvalue weighted by atomic mass is 16.5. The Morgan fingerprint density at radius 3 is 2.43 bits per heavy atom. The second-order valence-electron chi connectivity index (χ2n) is 7.22. The van der Waals surface area contributed by atoms with E-state index in [1.165, 1.54) is 30.4 Å². The highest BCUT2D eigenvalue weighted by Gasteiger charge is 2.24. The molecular formula is C19H31NO. The van der Waals surface area contributed by atoms with E-state index in [0.29, 0.717) is 12.1 Å². The van der Waals surface area contributed by atoms with Crippen molar-refractivity contribution >= 4 is 0 Å². The van der Waals surface area contributed by atoms with Crippen molar-refractivity contribution in [2.75, 3.05) is 13.2 Å². The van der Waals surface area contributed by atoms with E-state index in [0.717, 1.165) is 19.6 Å². The van der Waals surface area contributed by atoms with E-state index in [9.17, 15) is 0 Å². The average molecular weight is 289 g/mol. The topological polar surface area (TPSA) is 21.3 Å². The Kier molecular flexibility index (Phi) is 5.83. The molecule has 2 heteroatoms. The third kappa shape index (κ3) is 4.82. The van der Waals surface area contributed by atoms with Gasteiger partial charge in [-0.15, -0.1) is 0 Å². The van der Waals surface area contributed by atoms with Gasteiger partial charge in [0, 0.05) is 12.6 Å². The quantitative estimate of drug-likeness (QED) is 0.882. The first-order valence-corrected chi connectivity index (χ1v) is 8.45. The minimum atomic E-state index is 0.228. The number of hydrogen-bond donors (Lipinski definition) is 1. The number of ether oxygens (including phenoxy) is 1. The molecule has 2 unspecified atom stereocenters. The summed E-state index contributed by atoms with van der Waals surface area (Å²) in [5.74, 6) is 0. The van der Waals surface area contributed by atoms with Gasteiger partial charge in [0.1, 0.15) is 0 Å². The van der Waals surface area contributed by atoms with Crippen LogP contribution in [0.2, 0.25) is 0 Å². The van der Waals surface area contributed by atoms with E-state index >= 15 is 0 Å². The summed E-state index contributed by atoms with van der Waals surface area (Å²) in [6, 6.07) is 9.57. The SMILES string of the molecule is CCNC(Cc1ccc(C(C)(C)C)cc1)C1CCCCO1. The molecule has 0 bridgehead atoms. The molecule has 1 aromatic rings. The average Bonchev–Trinajstić information content (AvgIpc) is 2.47. The third-order valence-corrected chi connectivity index (χ3v) is 4.41. The fraction of sp³-hybridized carbons (Fsp3) is 0.684. The lowest BCUT2D eigenvalue weighted by atomic mass is 9.86. The summed E-state index contributed by atoms with van der Waals surface area (Å²) in [6.45, 7) is 10.9. The minimum absolute atomic E-state index is 0.228. The molecule has 1 aliphatic rings. The number of likely N-dealkylation sites (N-methyl/N-ethyl adjacent to an activating group) is 1. The highest BCUT2D eigenvalue weighted by molar-refractivity contribution is 5.28. The molecule has 0 radical (unpaired) electrons. The third-order valence-electron chi connectivity index (χ3n) is 4.41. The van der Waals surface area contributed by atoms with Crippen molar-refractivity contribution in [2.24, 2.45) is 0 Å². The normalized spacial score (nSPS) is 21.2. The van der Waals surface area contributed by atoms with Crippen LogP contribution in [0.3, 0.4) is 0 Å². The van der Waals surface area contributed by atoms with Crippen molar-refractivity contribution < 1.29 is 4.74 Å². The molecule has 2 nitrogen and oxygen atoms in total. The van der Waals surface area contributed by atoms with Gasteiger partial charge in [0.15, 0.2) is 0 Å². The second kappa shape index (κ2) is 7.42. The summed E-state index contributed by atoms with van der Waals surface area (Å²) in [7, 11) is 0. The smallest absolute Gasteiger partial charge is 0.0731 e. The van der Waals surface area contributed by atoms with Crippen LogP contribution in [-0.4, -0.2) is 25.3 Å². The lowest BCUT2D eigenvalue weighted by Crippen LogP contribution is -2.44. The van der Waals surface area contributed by atoms with E-state index in [2.05, 4.69) is 57.3 Å². The van der Waals surface area contributed by atoms with Crippen LogP contribution in [0.5, 0.6) is 0 Å². The van der Waals surface area contributed by atoms with Crippen LogP contribution in [-0.2, 0) is 16.6 Å². The Bertz CT molecular complexity index is 412. The molecular weight excluding hydrogens is 258 g/mol. The summed E-state index contributed by atoms with van der Waals surface area (Å²) in [5, 5.41) is 3.62. The Balaban J connectivity index is 2.02. The molecule has 0 saturated carbocycles. The minimum Gasteiger partial charge on any atom is -0.377 e. The monoisotopic (exact) mass is 289 g/mol. The highest BCUT2D eigenvalue weighted by Crippen LogP contribution is 2.23.